The zero-order valence-electron chi connectivity index (χ0n) is 17.2. The van der Waals surface area contributed by atoms with E-state index in [4.69, 9.17) is 63.1 Å². The van der Waals surface area contributed by atoms with Gasteiger partial charge in [-0.3, -0.25) is 0 Å². The first kappa shape index (κ1) is 25.6. The molecule has 0 aliphatic heterocycles. The molecular formula is C18H14B6BrClN4OS. The van der Waals surface area contributed by atoms with E-state index in [-0.39, 0.29) is 22.6 Å². The third-order valence-electron chi connectivity index (χ3n) is 5.18. The number of rotatable bonds is 4. The minimum Gasteiger partial charge on any atom is -0.467 e. The molecule has 0 spiro atoms. The molecule has 0 bridgehead atoms. The summed E-state index contributed by atoms with van der Waals surface area (Å²) < 4.78 is 6.78. The predicted octanol–water partition coefficient (Wildman–Crippen LogP) is 2.83. The number of nitrogens with two attached hydrogens (primary N) is 1. The summed E-state index contributed by atoms with van der Waals surface area (Å²) in [6.45, 7) is 0.419. The topological polar surface area (TPSA) is 77.0 Å². The van der Waals surface area contributed by atoms with E-state index in [1.165, 1.54) is 18.4 Å². The molecular weight excluding hydrogens is 501 g/mol. The fourth-order valence-electron chi connectivity index (χ4n) is 3.47. The van der Waals surface area contributed by atoms with E-state index >= 15 is 0 Å². The Morgan fingerprint density at radius 3 is 2.56 bits per heavy atom. The summed E-state index contributed by atoms with van der Waals surface area (Å²) in [5.41, 5.74) is 5.26. The summed E-state index contributed by atoms with van der Waals surface area (Å²) in [7, 11) is 38.8. The number of nitrogens with zero attached hydrogens (tertiary/aromatic N) is 2. The van der Waals surface area contributed by atoms with Crippen LogP contribution in [0.1, 0.15) is 23.0 Å². The maximum Gasteiger partial charge on any atom is 0.225 e. The van der Waals surface area contributed by atoms with Crippen LogP contribution in [-0.4, -0.2) is 64.1 Å². The molecule has 0 saturated heterocycles. The maximum absolute atomic E-state index is 6.39. The van der Waals surface area contributed by atoms with Gasteiger partial charge in [0, 0.05) is 4.88 Å². The molecule has 0 saturated carbocycles. The van der Waals surface area contributed by atoms with Gasteiger partial charge in [0.1, 0.15) is 32.8 Å². The summed E-state index contributed by atoms with van der Waals surface area (Å²) in [5.74, 6) is 0.766. The highest BCUT2D eigenvalue weighted by atomic mass is 79.9. The van der Waals surface area contributed by atoms with Crippen molar-refractivity contribution in [3.8, 4) is 0 Å². The first-order valence-corrected chi connectivity index (χ1v) is 11.4. The molecule has 0 fully saturated rings. The quantitative estimate of drug-likeness (QED) is 0.414. The van der Waals surface area contributed by atoms with Crippen molar-refractivity contribution in [3.05, 3.63) is 49.7 Å². The lowest BCUT2D eigenvalue weighted by atomic mass is 9.29. The number of hydrogen-bond donors (Lipinski definition) is 2. The zero-order chi connectivity index (χ0) is 23.8. The van der Waals surface area contributed by atoms with Crippen LogP contribution in [0.4, 0.5) is 5.82 Å². The SMILES string of the molecule is CN.[B]C1=C([B])C([B])([B])C(c2sc3c(NCc4ccco4)nc(Cl)nc3c2Br)CC1([B])[B]. The monoisotopic (exact) mass is 514 g/mol. The summed E-state index contributed by atoms with van der Waals surface area (Å²) in [6.07, 6.45) is 1.79. The Morgan fingerprint density at radius 1 is 1.25 bits per heavy atom. The van der Waals surface area contributed by atoms with E-state index in [1.807, 2.05) is 6.07 Å². The molecule has 1 atom stereocenters. The molecule has 3 heterocycles. The van der Waals surface area contributed by atoms with Crippen LogP contribution in [0, 0.1) is 0 Å². The molecule has 1 aliphatic rings. The van der Waals surface area contributed by atoms with Gasteiger partial charge in [0.05, 0.1) is 53.4 Å². The Hall–Kier alpha value is -1.02. The number of allylic oxidation sites excluding steroid dienone is 2. The summed E-state index contributed by atoms with van der Waals surface area (Å²) >= 11 is 11.2. The van der Waals surface area contributed by atoms with Crippen LogP contribution in [0.3, 0.4) is 0 Å². The molecule has 0 amide bonds. The van der Waals surface area contributed by atoms with E-state index in [0.29, 0.717) is 22.4 Å². The van der Waals surface area contributed by atoms with Crippen molar-refractivity contribution in [2.75, 3.05) is 12.4 Å². The summed E-state index contributed by atoms with van der Waals surface area (Å²) in [6, 6.07) is 3.66. The lowest BCUT2D eigenvalue weighted by molar-refractivity contribution is 0.518. The lowest BCUT2D eigenvalue weighted by Gasteiger charge is -2.50. The Morgan fingerprint density at radius 2 is 1.94 bits per heavy atom. The lowest BCUT2D eigenvalue weighted by Crippen LogP contribution is -2.37. The first-order chi connectivity index (χ1) is 15.0. The summed E-state index contributed by atoms with van der Waals surface area (Å²) in [5, 5.41) is 0.505. The molecule has 3 aromatic rings. The molecule has 12 radical (unpaired) electrons. The molecule has 14 heteroatoms. The van der Waals surface area contributed by atoms with Crippen LogP contribution in [0.25, 0.3) is 10.2 Å². The van der Waals surface area contributed by atoms with Gasteiger partial charge in [-0.1, -0.05) is 16.8 Å². The maximum atomic E-state index is 6.39. The van der Waals surface area contributed by atoms with Crippen molar-refractivity contribution in [3.63, 3.8) is 0 Å². The number of fused-ring (bicyclic) bond motifs is 1. The van der Waals surface area contributed by atoms with E-state index in [2.05, 4.69) is 36.9 Å². The van der Waals surface area contributed by atoms with Crippen molar-refractivity contribution >= 4 is 102 Å². The van der Waals surface area contributed by atoms with Crippen LogP contribution in [0.2, 0.25) is 15.7 Å². The number of thiophene rings is 1. The Balaban J connectivity index is 0.00000141. The molecule has 3 N–H and O–H groups in total. The summed E-state index contributed by atoms with van der Waals surface area (Å²) in [4.78, 5) is 9.44. The van der Waals surface area contributed by atoms with Crippen LogP contribution < -0.4 is 11.1 Å². The van der Waals surface area contributed by atoms with Gasteiger partial charge >= 0.3 is 0 Å². The van der Waals surface area contributed by atoms with Crippen LogP contribution >= 0.6 is 38.9 Å². The Bertz CT molecular complexity index is 1150. The second-order valence-electron chi connectivity index (χ2n) is 7.29. The van der Waals surface area contributed by atoms with Crippen molar-refractivity contribution in [2.24, 2.45) is 5.73 Å². The number of furan rings is 1. The van der Waals surface area contributed by atoms with Crippen LogP contribution in [0.5, 0.6) is 0 Å². The van der Waals surface area contributed by atoms with E-state index in [0.717, 1.165) is 15.3 Å². The second-order valence-corrected chi connectivity index (χ2v) is 9.47. The standard InChI is InChI=1S/C17H9B6BrClN3OS.CH5N/c18-12-13(19)17(22,23)7(4-16(12,20)21)10-8(24)9-11(30-10)14(28-15(25)27-9)26-5-6-2-1-3-29-6;1-2/h1-3,7H,4-5H2,(H,26,27,28);2H2,1H3. The van der Waals surface area contributed by atoms with Gasteiger partial charge < -0.3 is 15.5 Å². The first-order valence-electron chi connectivity index (χ1n) is 9.43. The molecule has 1 aliphatic carbocycles. The third-order valence-corrected chi connectivity index (χ3v) is 7.71. The van der Waals surface area contributed by atoms with E-state index < -0.39 is 16.3 Å². The molecule has 5 nitrogen and oxygen atoms in total. The largest absolute Gasteiger partial charge is 0.467 e. The van der Waals surface area contributed by atoms with Gasteiger partial charge in [-0.05, 0) is 52.6 Å². The van der Waals surface area contributed by atoms with Crippen molar-refractivity contribution in [2.45, 2.75) is 29.3 Å². The number of anilines is 1. The average Bonchev–Trinajstić information content (AvgIpc) is 3.38. The van der Waals surface area contributed by atoms with Gasteiger partial charge in [-0.15, -0.1) is 22.3 Å². The van der Waals surface area contributed by atoms with Gasteiger partial charge in [0.25, 0.3) is 0 Å². The highest BCUT2D eigenvalue weighted by Crippen LogP contribution is 2.59. The fourth-order valence-corrected chi connectivity index (χ4v) is 5.86. The molecule has 3 aromatic heterocycles. The Labute approximate surface area is 212 Å². The average molecular weight is 515 g/mol. The van der Waals surface area contributed by atoms with Gasteiger partial charge in [-0.25, -0.2) is 4.98 Å². The van der Waals surface area contributed by atoms with Gasteiger partial charge in [0.15, 0.2) is 0 Å². The predicted molar refractivity (Wildman–Crippen MR) is 141 cm³/mol. The van der Waals surface area contributed by atoms with E-state index in [1.54, 1.807) is 12.3 Å². The van der Waals surface area contributed by atoms with Gasteiger partial charge in [0.2, 0.25) is 5.28 Å². The van der Waals surface area contributed by atoms with Gasteiger partial charge in [-0.2, -0.15) is 4.98 Å². The number of nitrogens with one attached hydrogen (secondary N) is 1. The smallest absolute Gasteiger partial charge is 0.225 e. The minimum atomic E-state index is -1.45. The van der Waals surface area contributed by atoms with Crippen LogP contribution in [0.15, 0.2) is 38.2 Å². The highest BCUT2D eigenvalue weighted by Gasteiger charge is 2.42. The number of aromatic nitrogens is 2. The molecule has 1 unspecified atom stereocenters. The van der Waals surface area contributed by atoms with Crippen molar-refractivity contribution < 1.29 is 4.42 Å². The number of hydrogen-bond acceptors (Lipinski definition) is 6. The van der Waals surface area contributed by atoms with Crippen molar-refractivity contribution in [1.82, 2.24) is 9.97 Å². The zero-order valence-corrected chi connectivity index (χ0v) is 20.4. The normalized spacial score (nSPS) is 19.4. The Kier molecular flexibility index (Phi) is 7.75. The highest BCUT2D eigenvalue weighted by molar-refractivity contribution is 9.10. The fraction of sp³-hybridized carbons (Fsp3) is 0.333. The molecule has 0 aromatic carbocycles. The minimum absolute atomic E-state index is 0.0633. The van der Waals surface area contributed by atoms with Crippen LogP contribution in [-0.2, 0) is 6.54 Å². The molecule has 32 heavy (non-hydrogen) atoms. The van der Waals surface area contributed by atoms with E-state index in [9.17, 15) is 0 Å². The number of halogens is 2. The molecule has 150 valence electrons. The molecule has 4 rings (SSSR count). The third kappa shape index (κ3) is 4.63. The van der Waals surface area contributed by atoms with Crippen molar-refractivity contribution in [1.29, 1.82) is 0 Å². The second kappa shape index (κ2) is 9.69.